The van der Waals surface area contributed by atoms with Crippen molar-refractivity contribution in [1.29, 1.82) is 0 Å². The monoisotopic (exact) mass is 292 g/mol. The van der Waals surface area contributed by atoms with E-state index in [9.17, 15) is 9.90 Å². The molecule has 1 unspecified atom stereocenters. The van der Waals surface area contributed by atoms with Crippen LogP contribution >= 0.6 is 0 Å². The number of amides is 1. The summed E-state index contributed by atoms with van der Waals surface area (Å²) in [6.07, 6.45) is 2.65. The molecule has 116 valence electrons. The van der Waals surface area contributed by atoms with Crippen LogP contribution in [0.1, 0.15) is 18.4 Å². The third-order valence-corrected chi connectivity index (χ3v) is 3.81. The molecule has 1 heterocycles. The molecule has 1 fully saturated rings. The molecule has 1 aliphatic rings. The SMILES string of the molecule is COCCN(CC1CCCN1)C(=O)Cc1ccc(O)cc1. The lowest BCUT2D eigenvalue weighted by Gasteiger charge is -2.26. The average Bonchev–Trinajstić information content (AvgIpc) is 2.98. The molecular weight excluding hydrogens is 268 g/mol. The van der Waals surface area contributed by atoms with E-state index >= 15 is 0 Å². The summed E-state index contributed by atoms with van der Waals surface area (Å²) in [7, 11) is 1.65. The van der Waals surface area contributed by atoms with Gasteiger partial charge in [-0.05, 0) is 37.1 Å². The highest BCUT2D eigenvalue weighted by molar-refractivity contribution is 5.78. The predicted molar refractivity (Wildman–Crippen MR) is 81.3 cm³/mol. The lowest BCUT2D eigenvalue weighted by atomic mass is 10.1. The van der Waals surface area contributed by atoms with Crippen LogP contribution in [0.4, 0.5) is 0 Å². The topological polar surface area (TPSA) is 61.8 Å². The van der Waals surface area contributed by atoms with Gasteiger partial charge in [0, 0.05) is 26.2 Å². The average molecular weight is 292 g/mol. The predicted octanol–water partition coefficient (Wildman–Crippen LogP) is 1.16. The second-order valence-corrected chi connectivity index (χ2v) is 5.47. The third-order valence-electron chi connectivity index (χ3n) is 3.81. The van der Waals surface area contributed by atoms with E-state index in [1.807, 2.05) is 4.90 Å². The van der Waals surface area contributed by atoms with E-state index in [2.05, 4.69) is 5.32 Å². The van der Waals surface area contributed by atoms with Gasteiger partial charge in [-0.2, -0.15) is 0 Å². The van der Waals surface area contributed by atoms with Crippen molar-refractivity contribution in [2.75, 3.05) is 33.4 Å². The quantitative estimate of drug-likeness (QED) is 0.792. The molecule has 2 N–H and O–H groups in total. The summed E-state index contributed by atoms with van der Waals surface area (Å²) in [5.41, 5.74) is 0.916. The first kappa shape index (κ1) is 15.8. The fraction of sp³-hybridized carbons (Fsp3) is 0.562. The molecular formula is C16H24N2O3. The number of nitrogens with one attached hydrogen (secondary N) is 1. The molecule has 0 saturated carbocycles. The van der Waals surface area contributed by atoms with Crippen LogP contribution in [0.2, 0.25) is 0 Å². The number of nitrogens with zero attached hydrogens (tertiary/aromatic N) is 1. The highest BCUT2D eigenvalue weighted by atomic mass is 16.5. The fourth-order valence-corrected chi connectivity index (χ4v) is 2.60. The van der Waals surface area contributed by atoms with Gasteiger partial charge in [-0.25, -0.2) is 0 Å². The Labute approximate surface area is 125 Å². The Hall–Kier alpha value is -1.59. The van der Waals surface area contributed by atoms with Gasteiger partial charge in [-0.1, -0.05) is 12.1 Å². The van der Waals surface area contributed by atoms with Gasteiger partial charge < -0.3 is 20.1 Å². The lowest BCUT2D eigenvalue weighted by molar-refractivity contribution is -0.131. The second-order valence-electron chi connectivity index (χ2n) is 5.47. The Morgan fingerprint density at radius 2 is 2.19 bits per heavy atom. The first-order chi connectivity index (χ1) is 10.2. The van der Waals surface area contributed by atoms with Crippen LogP contribution in [0.15, 0.2) is 24.3 Å². The summed E-state index contributed by atoms with van der Waals surface area (Å²) >= 11 is 0. The van der Waals surface area contributed by atoms with E-state index in [1.165, 1.54) is 6.42 Å². The van der Waals surface area contributed by atoms with E-state index in [-0.39, 0.29) is 11.7 Å². The summed E-state index contributed by atoms with van der Waals surface area (Å²) in [5, 5.41) is 12.7. The zero-order valence-electron chi connectivity index (χ0n) is 12.5. The number of methoxy groups -OCH3 is 1. The number of benzene rings is 1. The minimum atomic E-state index is 0.103. The smallest absolute Gasteiger partial charge is 0.227 e. The highest BCUT2D eigenvalue weighted by Crippen LogP contribution is 2.12. The molecule has 1 aliphatic heterocycles. The molecule has 1 aromatic carbocycles. The second kappa shape index (κ2) is 8.00. The molecule has 5 nitrogen and oxygen atoms in total. The van der Waals surface area contributed by atoms with Gasteiger partial charge in [-0.3, -0.25) is 4.79 Å². The van der Waals surface area contributed by atoms with Gasteiger partial charge in [0.1, 0.15) is 5.75 Å². The fourth-order valence-electron chi connectivity index (χ4n) is 2.60. The molecule has 0 aliphatic carbocycles. The molecule has 0 aromatic heterocycles. The summed E-state index contributed by atoms with van der Waals surface area (Å²) in [4.78, 5) is 14.3. The number of hydrogen-bond donors (Lipinski definition) is 2. The van der Waals surface area contributed by atoms with Gasteiger partial charge in [0.25, 0.3) is 0 Å². The first-order valence-electron chi connectivity index (χ1n) is 7.47. The largest absolute Gasteiger partial charge is 0.508 e. The lowest BCUT2D eigenvalue weighted by Crippen LogP contribution is -2.43. The molecule has 0 spiro atoms. The standard InChI is InChI=1S/C16H24N2O3/c1-21-10-9-18(12-14-3-2-8-17-14)16(20)11-13-4-6-15(19)7-5-13/h4-7,14,17,19H,2-3,8-12H2,1H3. The molecule has 2 rings (SSSR count). The molecule has 5 heteroatoms. The van der Waals surface area contributed by atoms with E-state index in [4.69, 9.17) is 4.74 Å². The maximum atomic E-state index is 12.5. The van der Waals surface area contributed by atoms with Crippen molar-refractivity contribution in [3.8, 4) is 5.75 Å². The summed E-state index contributed by atoms with van der Waals surface area (Å²) in [6.45, 7) is 2.94. The summed E-state index contributed by atoms with van der Waals surface area (Å²) < 4.78 is 5.11. The Bertz CT molecular complexity index is 441. The Morgan fingerprint density at radius 1 is 1.43 bits per heavy atom. The number of phenolic OH excluding ortho intramolecular Hbond substituents is 1. The number of ether oxygens (including phenoxy) is 1. The zero-order valence-corrected chi connectivity index (χ0v) is 12.5. The number of phenols is 1. The van der Waals surface area contributed by atoms with Crippen LogP contribution in [-0.2, 0) is 16.0 Å². The van der Waals surface area contributed by atoms with Crippen LogP contribution in [0.25, 0.3) is 0 Å². The molecule has 1 amide bonds. The maximum absolute atomic E-state index is 12.5. The van der Waals surface area contributed by atoms with Crippen LogP contribution < -0.4 is 5.32 Å². The maximum Gasteiger partial charge on any atom is 0.227 e. The van der Waals surface area contributed by atoms with E-state index in [0.717, 1.165) is 25.1 Å². The third kappa shape index (κ3) is 5.02. The van der Waals surface area contributed by atoms with Crippen molar-refractivity contribution in [3.05, 3.63) is 29.8 Å². The molecule has 0 bridgehead atoms. The van der Waals surface area contributed by atoms with Gasteiger partial charge in [0.2, 0.25) is 5.91 Å². The molecule has 1 atom stereocenters. The van der Waals surface area contributed by atoms with Crippen molar-refractivity contribution in [3.63, 3.8) is 0 Å². The Kier molecular flexibility index (Phi) is 6.02. The van der Waals surface area contributed by atoms with E-state index in [1.54, 1.807) is 31.4 Å². The molecule has 1 aromatic rings. The van der Waals surface area contributed by atoms with Gasteiger partial charge in [0.15, 0.2) is 0 Å². The summed E-state index contributed by atoms with van der Waals surface area (Å²) in [6, 6.07) is 7.19. The van der Waals surface area contributed by atoms with Crippen molar-refractivity contribution in [2.45, 2.75) is 25.3 Å². The minimum absolute atomic E-state index is 0.103. The van der Waals surface area contributed by atoms with Crippen LogP contribution in [0.5, 0.6) is 5.75 Å². The highest BCUT2D eigenvalue weighted by Gasteiger charge is 2.21. The van der Waals surface area contributed by atoms with Crippen molar-refractivity contribution in [1.82, 2.24) is 10.2 Å². The number of rotatable bonds is 7. The number of carbonyl (C=O) groups is 1. The minimum Gasteiger partial charge on any atom is -0.508 e. The molecule has 21 heavy (non-hydrogen) atoms. The van der Waals surface area contributed by atoms with Crippen molar-refractivity contribution >= 4 is 5.91 Å². The van der Waals surface area contributed by atoms with Crippen molar-refractivity contribution < 1.29 is 14.6 Å². The molecule has 1 saturated heterocycles. The number of hydrogen-bond acceptors (Lipinski definition) is 4. The van der Waals surface area contributed by atoms with Crippen molar-refractivity contribution in [2.24, 2.45) is 0 Å². The van der Waals surface area contributed by atoms with E-state index in [0.29, 0.717) is 25.6 Å². The van der Waals surface area contributed by atoms with Gasteiger partial charge in [0.05, 0.1) is 13.0 Å². The van der Waals surface area contributed by atoms with Crippen LogP contribution in [-0.4, -0.2) is 55.3 Å². The number of aromatic hydroxyl groups is 1. The number of carbonyl (C=O) groups excluding carboxylic acids is 1. The molecule has 0 radical (unpaired) electrons. The van der Waals surface area contributed by atoms with E-state index < -0.39 is 0 Å². The summed E-state index contributed by atoms with van der Waals surface area (Å²) in [5.74, 6) is 0.323. The van der Waals surface area contributed by atoms with Gasteiger partial charge in [-0.15, -0.1) is 0 Å². The first-order valence-corrected chi connectivity index (χ1v) is 7.47. The van der Waals surface area contributed by atoms with Crippen LogP contribution in [0.3, 0.4) is 0 Å². The normalized spacial score (nSPS) is 17.9. The van der Waals surface area contributed by atoms with Crippen LogP contribution in [0, 0.1) is 0 Å². The Balaban J connectivity index is 1.93. The van der Waals surface area contributed by atoms with Gasteiger partial charge >= 0.3 is 0 Å². The Morgan fingerprint density at radius 3 is 2.81 bits per heavy atom. The zero-order chi connectivity index (χ0) is 15.1.